The fraction of sp³-hybridized carbons (Fsp3) is 0.269. The Hall–Kier alpha value is -4.25. The van der Waals surface area contributed by atoms with Gasteiger partial charge in [-0.3, -0.25) is 4.79 Å². The number of benzene rings is 1. The lowest BCUT2D eigenvalue weighted by molar-refractivity contribution is 0.0747. The number of nitrogens with two attached hydrogens (primary N) is 1. The Morgan fingerprint density at radius 3 is 2.62 bits per heavy atom. The monoisotopic (exact) mass is 451 g/mol. The minimum absolute atomic E-state index is 0.0617. The van der Waals surface area contributed by atoms with E-state index in [4.69, 9.17) is 12.2 Å². The maximum absolute atomic E-state index is 13.0. The Balaban J connectivity index is 1.68. The summed E-state index contributed by atoms with van der Waals surface area (Å²) in [5, 5.41) is 0.743. The number of carbonyl (C=O) groups is 1. The standard InChI is InChI=1S/C26H25N7O/c1-5-20-28-13-19(16(3)31-20)23-21(22-24(27)29-14-30-25(22)32(23)4)17-8-10-18(11-9-17)26(34)33-12-6-7-15(33)2/h1,8-11,13-15H,6-7,12H2,2-4H3,(H2,27,29,30)/t15-/m0/s1. The summed E-state index contributed by atoms with van der Waals surface area (Å²) in [5.41, 5.74) is 11.9. The molecule has 1 saturated heterocycles. The first-order valence-electron chi connectivity index (χ1n) is 11.2. The van der Waals surface area contributed by atoms with Crippen molar-refractivity contribution in [3.63, 3.8) is 0 Å². The number of hydrogen-bond acceptors (Lipinski definition) is 6. The molecule has 0 bridgehead atoms. The molecule has 0 saturated carbocycles. The van der Waals surface area contributed by atoms with E-state index in [2.05, 4.69) is 32.8 Å². The maximum atomic E-state index is 13.0. The smallest absolute Gasteiger partial charge is 0.254 e. The van der Waals surface area contributed by atoms with Gasteiger partial charge in [0.25, 0.3) is 5.91 Å². The highest BCUT2D eigenvalue weighted by molar-refractivity contribution is 6.08. The van der Waals surface area contributed by atoms with Gasteiger partial charge in [0.1, 0.15) is 17.8 Å². The zero-order valence-corrected chi connectivity index (χ0v) is 19.4. The predicted molar refractivity (Wildman–Crippen MR) is 132 cm³/mol. The lowest BCUT2D eigenvalue weighted by atomic mass is 9.97. The summed E-state index contributed by atoms with van der Waals surface area (Å²) >= 11 is 0. The summed E-state index contributed by atoms with van der Waals surface area (Å²) in [7, 11) is 1.93. The topological polar surface area (TPSA) is 103 Å². The number of likely N-dealkylation sites (tertiary alicyclic amines) is 1. The lowest BCUT2D eigenvalue weighted by Gasteiger charge is -2.21. The van der Waals surface area contributed by atoms with Crippen molar-refractivity contribution in [1.29, 1.82) is 0 Å². The number of hydrogen-bond donors (Lipinski definition) is 1. The van der Waals surface area contributed by atoms with Crippen LogP contribution in [0, 0.1) is 19.3 Å². The Bertz CT molecular complexity index is 1460. The zero-order chi connectivity index (χ0) is 24.0. The van der Waals surface area contributed by atoms with E-state index in [0.29, 0.717) is 22.9 Å². The van der Waals surface area contributed by atoms with Crippen molar-refractivity contribution in [1.82, 2.24) is 29.4 Å². The molecule has 0 unspecified atom stereocenters. The van der Waals surface area contributed by atoms with Crippen molar-refractivity contribution < 1.29 is 4.79 Å². The van der Waals surface area contributed by atoms with Gasteiger partial charge in [0.15, 0.2) is 0 Å². The van der Waals surface area contributed by atoms with E-state index in [1.54, 1.807) is 6.20 Å². The number of carbonyl (C=O) groups excluding carboxylic acids is 1. The number of nitrogens with zero attached hydrogens (tertiary/aromatic N) is 6. The van der Waals surface area contributed by atoms with Crippen LogP contribution < -0.4 is 5.73 Å². The normalized spacial score (nSPS) is 15.6. The molecule has 1 aliphatic rings. The molecule has 34 heavy (non-hydrogen) atoms. The van der Waals surface area contributed by atoms with Crippen molar-refractivity contribution in [3.05, 3.63) is 53.9 Å². The average Bonchev–Trinajstić information content (AvgIpc) is 3.40. The van der Waals surface area contributed by atoms with E-state index >= 15 is 0 Å². The van der Waals surface area contributed by atoms with Crippen molar-refractivity contribution in [2.24, 2.45) is 7.05 Å². The number of anilines is 1. The molecule has 1 fully saturated rings. The molecule has 1 amide bonds. The van der Waals surface area contributed by atoms with Crippen LogP contribution in [0.25, 0.3) is 33.4 Å². The molecule has 8 nitrogen and oxygen atoms in total. The summed E-state index contributed by atoms with van der Waals surface area (Å²) < 4.78 is 1.97. The molecule has 4 heterocycles. The van der Waals surface area contributed by atoms with Gasteiger partial charge in [0.2, 0.25) is 5.82 Å². The molecule has 0 aliphatic carbocycles. The maximum Gasteiger partial charge on any atom is 0.254 e. The van der Waals surface area contributed by atoms with Crippen molar-refractivity contribution >= 4 is 22.8 Å². The molecular weight excluding hydrogens is 426 g/mol. The molecule has 8 heteroatoms. The first-order chi connectivity index (χ1) is 16.4. The van der Waals surface area contributed by atoms with Crippen LogP contribution >= 0.6 is 0 Å². The number of rotatable bonds is 3. The van der Waals surface area contributed by atoms with E-state index in [-0.39, 0.29) is 11.9 Å². The van der Waals surface area contributed by atoms with Crippen molar-refractivity contribution in [2.75, 3.05) is 12.3 Å². The van der Waals surface area contributed by atoms with Gasteiger partial charge in [0.05, 0.1) is 16.8 Å². The molecule has 170 valence electrons. The van der Waals surface area contributed by atoms with Gasteiger partial charge >= 0.3 is 0 Å². The van der Waals surface area contributed by atoms with E-state index in [1.807, 2.05) is 47.7 Å². The van der Waals surface area contributed by atoms with Gasteiger partial charge in [-0.15, -0.1) is 6.42 Å². The first kappa shape index (κ1) is 21.6. The van der Waals surface area contributed by atoms with E-state index in [9.17, 15) is 4.79 Å². The minimum atomic E-state index is 0.0617. The second kappa shape index (κ2) is 8.27. The quantitative estimate of drug-likeness (QED) is 0.478. The highest BCUT2D eigenvalue weighted by Gasteiger charge is 2.27. The SMILES string of the molecule is C#Cc1ncc(-c2c(-c3ccc(C(=O)N4CCC[C@@H]4C)cc3)c3c(N)ncnc3n2C)c(C)n1. The first-order valence-corrected chi connectivity index (χ1v) is 11.2. The van der Waals surface area contributed by atoms with Crippen LogP contribution in [-0.2, 0) is 7.05 Å². The third-order valence-electron chi connectivity index (χ3n) is 6.59. The highest BCUT2D eigenvalue weighted by atomic mass is 16.2. The fourth-order valence-corrected chi connectivity index (χ4v) is 4.82. The van der Waals surface area contributed by atoms with E-state index < -0.39 is 0 Å². The number of amides is 1. The largest absolute Gasteiger partial charge is 0.383 e. The third-order valence-corrected chi connectivity index (χ3v) is 6.59. The van der Waals surface area contributed by atoms with Crippen LogP contribution in [-0.4, -0.2) is 47.9 Å². The van der Waals surface area contributed by atoms with Crippen molar-refractivity contribution in [2.45, 2.75) is 32.7 Å². The molecule has 1 atom stereocenters. The number of nitrogen functional groups attached to an aromatic ring is 1. The molecule has 2 N–H and O–H groups in total. The summed E-state index contributed by atoms with van der Waals surface area (Å²) in [6.07, 6.45) is 10.8. The Morgan fingerprint density at radius 2 is 1.97 bits per heavy atom. The molecule has 1 aliphatic heterocycles. The van der Waals surface area contributed by atoms with Gasteiger partial charge in [-0.2, -0.15) is 0 Å². The minimum Gasteiger partial charge on any atom is -0.383 e. The van der Waals surface area contributed by atoms with Crippen LogP contribution in [0.15, 0.2) is 36.8 Å². The Morgan fingerprint density at radius 1 is 1.21 bits per heavy atom. The van der Waals surface area contributed by atoms with Crippen LogP contribution in [0.2, 0.25) is 0 Å². The zero-order valence-electron chi connectivity index (χ0n) is 19.4. The molecule has 3 aromatic heterocycles. The van der Waals surface area contributed by atoms with E-state index in [1.165, 1.54) is 6.33 Å². The van der Waals surface area contributed by atoms with Gasteiger partial charge in [-0.05, 0) is 50.3 Å². The third kappa shape index (κ3) is 3.37. The van der Waals surface area contributed by atoms with Gasteiger partial charge in [0, 0.05) is 42.5 Å². The van der Waals surface area contributed by atoms with Crippen LogP contribution in [0.3, 0.4) is 0 Å². The summed E-state index contributed by atoms with van der Waals surface area (Å²) in [6.45, 7) is 4.80. The molecule has 1 aromatic carbocycles. The molecule has 0 spiro atoms. The second-order valence-electron chi connectivity index (χ2n) is 8.64. The van der Waals surface area contributed by atoms with E-state index in [0.717, 1.165) is 52.9 Å². The molecular formula is C26H25N7O. The average molecular weight is 452 g/mol. The fourth-order valence-electron chi connectivity index (χ4n) is 4.82. The summed E-state index contributed by atoms with van der Waals surface area (Å²) in [5.74, 6) is 3.25. The van der Waals surface area contributed by atoms with Gasteiger partial charge in [-0.25, -0.2) is 19.9 Å². The van der Waals surface area contributed by atoms with Gasteiger partial charge < -0.3 is 15.2 Å². The van der Waals surface area contributed by atoms with Crippen LogP contribution in [0.4, 0.5) is 5.82 Å². The highest BCUT2D eigenvalue weighted by Crippen LogP contribution is 2.42. The Labute approximate surface area is 197 Å². The van der Waals surface area contributed by atoms with Crippen molar-refractivity contribution in [3.8, 4) is 34.7 Å². The number of aromatic nitrogens is 5. The Kier molecular flexibility index (Phi) is 5.25. The summed E-state index contributed by atoms with van der Waals surface area (Å²) in [4.78, 5) is 32.4. The molecule has 4 aromatic rings. The number of aryl methyl sites for hydroxylation is 2. The number of terminal acetylenes is 1. The lowest BCUT2D eigenvalue weighted by Crippen LogP contribution is -2.33. The van der Waals surface area contributed by atoms with Gasteiger partial charge in [-0.1, -0.05) is 12.1 Å². The van der Waals surface area contributed by atoms with Crippen LogP contribution in [0.5, 0.6) is 0 Å². The summed E-state index contributed by atoms with van der Waals surface area (Å²) in [6, 6.07) is 7.91. The predicted octanol–water partition coefficient (Wildman–Crippen LogP) is 3.59. The number of fused-ring (bicyclic) bond motifs is 1. The molecule has 5 rings (SSSR count). The molecule has 0 radical (unpaired) electrons. The second-order valence-corrected chi connectivity index (χ2v) is 8.64. The van der Waals surface area contributed by atoms with Crippen LogP contribution in [0.1, 0.15) is 41.6 Å².